The van der Waals surface area contributed by atoms with Crippen molar-refractivity contribution in [3.63, 3.8) is 0 Å². The van der Waals surface area contributed by atoms with E-state index in [-0.39, 0.29) is 0 Å². The molecular weight excluding hydrogens is 316 g/mol. The molecule has 0 aromatic rings. The summed E-state index contributed by atoms with van der Waals surface area (Å²) < 4.78 is 8.35. The molecule has 0 rings (SSSR count). The van der Waals surface area contributed by atoms with Gasteiger partial charge in [-0.2, -0.15) is 0 Å². The second kappa shape index (κ2) is 13.5. The average molecular weight is 338 g/mol. The molecule has 4 N–H and O–H groups in total. The highest BCUT2D eigenvalue weighted by atomic mass is 16.7. The summed E-state index contributed by atoms with van der Waals surface area (Å²) in [4.78, 5) is 42.1. The lowest BCUT2D eigenvalue weighted by molar-refractivity contribution is -0.180. The van der Waals surface area contributed by atoms with E-state index in [2.05, 4.69) is 23.3 Å². The second-order valence-corrected chi connectivity index (χ2v) is 4.27. The highest BCUT2D eigenvalue weighted by molar-refractivity contribution is 5.82. The summed E-state index contributed by atoms with van der Waals surface area (Å²) in [5.74, 6) is -5.53. The molecule has 23 heavy (non-hydrogen) atoms. The van der Waals surface area contributed by atoms with Crippen LogP contribution in [0.25, 0.3) is 0 Å². The molecule has 0 aliphatic rings. The number of carbonyl (C=O) groups excluding carboxylic acids is 2. The van der Waals surface area contributed by atoms with Crippen molar-refractivity contribution in [2.75, 3.05) is 6.79 Å². The van der Waals surface area contributed by atoms with E-state index in [0.717, 1.165) is 0 Å². The SMILES string of the molecule is CCCC.O=C(O)CC(O)C(=O)OCOC(=O)C(O)CC(=O)O. The van der Waals surface area contributed by atoms with Crippen LogP contribution in [0.4, 0.5) is 0 Å². The summed E-state index contributed by atoms with van der Waals surface area (Å²) in [5, 5.41) is 34.4. The van der Waals surface area contributed by atoms with Gasteiger partial charge >= 0.3 is 23.9 Å². The van der Waals surface area contributed by atoms with Crippen LogP contribution in [0, 0.1) is 0 Å². The van der Waals surface area contributed by atoms with Crippen molar-refractivity contribution in [2.24, 2.45) is 0 Å². The van der Waals surface area contributed by atoms with Gasteiger partial charge in [0.1, 0.15) is 0 Å². The predicted molar refractivity (Wildman–Crippen MR) is 74.2 cm³/mol. The largest absolute Gasteiger partial charge is 0.481 e. The molecule has 0 aliphatic carbocycles. The maximum atomic E-state index is 10.9. The first-order valence-corrected chi connectivity index (χ1v) is 6.78. The number of rotatable bonds is 9. The topological polar surface area (TPSA) is 168 Å². The lowest BCUT2D eigenvalue weighted by Gasteiger charge is -2.11. The van der Waals surface area contributed by atoms with Crippen LogP contribution in [0.1, 0.15) is 39.5 Å². The number of hydrogen-bond donors (Lipinski definition) is 4. The molecule has 0 aliphatic heterocycles. The van der Waals surface area contributed by atoms with Gasteiger partial charge in [-0.1, -0.05) is 26.7 Å². The van der Waals surface area contributed by atoms with Crippen LogP contribution in [0.5, 0.6) is 0 Å². The van der Waals surface area contributed by atoms with Crippen molar-refractivity contribution in [3.05, 3.63) is 0 Å². The average Bonchev–Trinajstić information content (AvgIpc) is 2.45. The molecule has 0 heterocycles. The lowest BCUT2D eigenvalue weighted by atomic mass is 10.2. The molecule has 0 saturated carbocycles. The lowest BCUT2D eigenvalue weighted by Crippen LogP contribution is -2.30. The second-order valence-electron chi connectivity index (χ2n) is 4.27. The summed E-state index contributed by atoms with van der Waals surface area (Å²) in [6, 6.07) is 0. The van der Waals surface area contributed by atoms with E-state index < -0.39 is 55.7 Å². The third kappa shape index (κ3) is 14.5. The van der Waals surface area contributed by atoms with Crippen molar-refractivity contribution in [3.8, 4) is 0 Å². The Labute approximate surface area is 132 Å². The number of carboxylic acids is 2. The quantitative estimate of drug-likeness (QED) is 0.318. The molecule has 0 amide bonds. The third-order valence-electron chi connectivity index (χ3n) is 2.18. The molecule has 0 saturated heterocycles. The van der Waals surface area contributed by atoms with Crippen LogP contribution in [0.15, 0.2) is 0 Å². The smallest absolute Gasteiger partial charge is 0.338 e. The third-order valence-corrected chi connectivity index (χ3v) is 2.18. The number of aliphatic carboxylic acids is 2. The van der Waals surface area contributed by atoms with E-state index in [1.54, 1.807) is 0 Å². The fourth-order valence-corrected chi connectivity index (χ4v) is 0.835. The number of aliphatic hydroxyl groups is 2. The molecule has 0 spiro atoms. The van der Waals surface area contributed by atoms with Gasteiger partial charge in [-0.25, -0.2) is 9.59 Å². The molecule has 2 unspecified atom stereocenters. The minimum absolute atomic E-state index is 0.881. The maximum Gasteiger partial charge on any atom is 0.338 e. The number of ether oxygens (including phenoxy) is 2. The van der Waals surface area contributed by atoms with Gasteiger partial charge in [-0.05, 0) is 0 Å². The Morgan fingerprint density at radius 3 is 1.30 bits per heavy atom. The van der Waals surface area contributed by atoms with Crippen molar-refractivity contribution in [1.29, 1.82) is 0 Å². The van der Waals surface area contributed by atoms with Gasteiger partial charge in [0.2, 0.25) is 6.79 Å². The summed E-state index contributed by atoms with van der Waals surface area (Å²) in [5.41, 5.74) is 0. The Morgan fingerprint density at radius 1 is 0.783 bits per heavy atom. The van der Waals surface area contributed by atoms with Gasteiger partial charge in [0.15, 0.2) is 12.2 Å². The Bertz CT molecular complexity index is 356. The van der Waals surface area contributed by atoms with Crippen molar-refractivity contribution in [2.45, 2.75) is 51.7 Å². The molecule has 134 valence electrons. The molecule has 0 bridgehead atoms. The number of carboxylic acid groups (broad SMARTS) is 2. The zero-order valence-corrected chi connectivity index (χ0v) is 12.9. The zero-order chi connectivity index (χ0) is 18.4. The van der Waals surface area contributed by atoms with Gasteiger partial charge in [0, 0.05) is 0 Å². The highest BCUT2D eigenvalue weighted by Crippen LogP contribution is 1.98. The standard InChI is InChI=1S/C9H12O10.C4H10/c10-4(1-6(12)13)8(16)18-3-19-9(17)5(11)2-7(14)15;1-3-4-2/h4-5,10-11H,1-3H2,(H,12,13)(H,14,15);3-4H2,1-2H3. The monoisotopic (exact) mass is 338 g/mol. The van der Waals surface area contributed by atoms with E-state index in [4.69, 9.17) is 20.4 Å². The highest BCUT2D eigenvalue weighted by Gasteiger charge is 2.23. The van der Waals surface area contributed by atoms with Crippen molar-refractivity contribution < 1.29 is 49.1 Å². The normalized spacial score (nSPS) is 12.2. The fraction of sp³-hybridized carbons (Fsp3) is 0.692. The molecular formula is C13H22O10. The molecule has 0 aromatic heterocycles. The van der Waals surface area contributed by atoms with Crippen LogP contribution in [-0.2, 0) is 28.7 Å². The van der Waals surface area contributed by atoms with Crippen molar-refractivity contribution in [1.82, 2.24) is 0 Å². The molecule has 0 fully saturated rings. The number of esters is 2. The Balaban J connectivity index is 0. The summed E-state index contributed by atoms with van der Waals surface area (Å²) in [7, 11) is 0. The van der Waals surface area contributed by atoms with Crippen LogP contribution >= 0.6 is 0 Å². The Hall–Kier alpha value is -2.20. The first-order valence-electron chi connectivity index (χ1n) is 6.78. The van der Waals surface area contributed by atoms with Crippen LogP contribution in [-0.4, -0.2) is 63.3 Å². The first-order chi connectivity index (χ1) is 10.6. The van der Waals surface area contributed by atoms with E-state index in [1.165, 1.54) is 12.8 Å². The minimum Gasteiger partial charge on any atom is -0.481 e. The predicted octanol–water partition coefficient (Wildman–Crippen LogP) is -0.492. The van der Waals surface area contributed by atoms with E-state index in [1.807, 2.05) is 0 Å². The summed E-state index contributed by atoms with van der Waals surface area (Å²) >= 11 is 0. The van der Waals surface area contributed by atoms with E-state index in [0.29, 0.717) is 0 Å². The zero-order valence-electron chi connectivity index (χ0n) is 12.9. The first kappa shape index (κ1) is 23.1. The van der Waals surface area contributed by atoms with Crippen LogP contribution in [0.3, 0.4) is 0 Å². The number of aliphatic hydroxyl groups excluding tert-OH is 2. The minimum atomic E-state index is -1.92. The van der Waals surface area contributed by atoms with Crippen LogP contribution < -0.4 is 0 Å². The fourth-order valence-electron chi connectivity index (χ4n) is 0.835. The molecule has 0 radical (unpaired) electrons. The number of hydrogen-bond acceptors (Lipinski definition) is 8. The Kier molecular flexibility index (Phi) is 13.5. The van der Waals surface area contributed by atoms with Gasteiger partial charge in [-0.3, -0.25) is 9.59 Å². The summed E-state index contributed by atoms with van der Waals surface area (Å²) in [6.45, 7) is 3.38. The molecule has 10 nitrogen and oxygen atoms in total. The molecule has 10 heteroatoms. The summed E-state index contributed by atoms with van der Waals surface area (Å²) in [6.07, 6.45) is -2.96. The number of carbonyl (C=O) groups is 4. The van der Waals surface area contributed by atoms with Gasteiger partial charge in [0.05, 0.1) is 12.8 Å². The van der Waals surface area contributed by atoms with Gasteiger partial charge in [0.25, 0.3) is 0 Å². The van der Waals surface area contributed by atoms with Gasteiger partial charge in [-0.15, -0.1) is 0 Å². The Morgan fingerprint density at radius 2 is 1.09 bits per heavy atom. The maximum absolute atomic E-state index is 10.9. The molecule has 2 atom stereocenters. The van der Waals surface area contributed by atoms with E-state index in [9.17, 15) is 19.2 Å². The van der Waals surface area contributed by atoms with Gasteiger partial charge < -0.3 is 29.9 Å². The van der Waals surface area contributed by atoms with Crippen LogP contribution in [0.2, 0.25) is 0 Å². The molecule has 0 aromatic carbocycles. The number of unbranched alkanes of at least 4 members (excludes halogenated alkanes) is 1. The van der Waals surface area contributed by atoms with E-state index >= 15 is 0 Å². The van der Waals surface area contributed by atoms with Crippen molar-refractivity contribution >= 4 is 23.9 Å².